The topological polar surface area (TPSA) is 78.9 Å². The maximum absolute atomic E-state index is 6.09. The molecule has 0 atom stereocenters. The third-order valence-electron chi connectivity index (χ3n) is 3.27. The first-order valence-corrected chi connectivity index (χ1v) is 6.49. The number of benzene rings is 1. The summed E-state index contributed by atoms with van der Waals surface area (Å²) in [5.74, 6) is 1.57. The Labute approximate surface area is 122 Å². The number of hydrogen-bond donors (Lipinski definition) is 1. The van der Waals surface area contributed by atoms with E-state index in [-0.39, 0.29) is 0 Å². The lowest BCUT2D eigenvalue weighted by Gasteiger charge is -2.11. The standard InChI is InChI=1S/C15H15N5O/c1-10-3-4-12(7-11(10)2)21-15-13(16)14(18-8-19-15)20-6-5-17-9-20/h3-9H,16H2,1-2H3. The third-order valence-corrected chi connectivity index (χ3v) is 3.27. The predicted molar refractivity (Wildman–Crippen MR) is 79.6 cm³/mol. The largest absolute Gasteiger partial charge is 0.437 e. The Bertz CT molecular complexity index is 768. The molecule has 0 spiro atoms. The number of ether oxygens (including phenoxy) is 1. The monoisotopic (exact) mass is 281 g/mol. The summed E-state index contributed by atoms with van der Waals surface area (Å²) in [4.78, 5) is 12.2. The summed E-state index contributed by atoms with van der Waals surface area (Å²) < 4.78 is 7.49. The molecule has 0 saturated heterocycles. The molecular weight excluding hydrogens is 266 g/mol. The van der Waals surface area contributed by atoms with Gasteiger partial charge in [-0.3, -0.25) is 4.57 Å². The molecule has 0 aliphatic heterocycles. The highest BCUT2D eigenvalue weighted by atomic mass is 16.5. The van der Waals surface area contributed by atoms with Crippen LogP contribution in [0.4, 0.5) is 5.69 Å². The SMILES string of the molecule is Cc1ccc(Oc2ncnc(-n3ccnc3)c2N)cc1C. The van der Waals surface area contributed by atoms with E-state index >= 15 is 0 Å². The van der Waals surface area contributed by atoms with Crippen molar-refractivity contribution in [1.82, 2.24) is 19.5 Å². The van der Waals surface area contributed by atoms with Crippen LogP contribution in [0.25, 0.3) is 5.82 Å². The Kier molecular flexibility index (Phi) is 3.27. The van der Waals surface area contributed by atoms with E-state index in [9.17, 15) is 0 Å². The molecule has 0 aliphatic carbocycles. The zero-order valence-electron chi connectivity index (χ0n) is 11.8. The van der Waals surface area contributed by atoms with Crippen molar-refractivity contribution in [3.8, 4) is 17.4 Å². The summed E-state index contributed by atoms with van der Waals surface area (Å²) in [5.41, 5.74) is 8.81. The minimum Gasteiger partial charge on any atom is -0.437 e. The number of nitrogens with two attached hydrogens (primary N) is 1. The minimum absolute atomic E-state index is 0.331. The van der Waals surface area contributed by atoms with Crippen molar-refractivity contribution < 1.29 is 4.74 Å². The lowest BCUT2D eigenvalue weighted by molar-refractivity contribution is 0.463. The molecule has 106 valence electrons. The van der Waals surface area contributed by atoms with Crippen LogP contribution in [0.2, 0.25) is 0 Å². The number of nitrogen functional groups attached to an aromatic ring is 1. The van der Waals surface area contributed by atoms with Gasteiger partial charge in [0.1, 0.15) is 24.1 Å². The van der Waals surface area contributed by atoms with Crippen molar-refractivity contribution in [2.24, 2.45) is 0 Å². The van der Waals surface area contributed by atoms with Crippen molar-refractivity contribution in [2.45, 2.75) is 13.8 Å². The maximum atomic E-state index is 6.09. The van der Waals surface area contributed by atoms with E-state index in [4.69, 9.17) is 10.5 Å². The van der Waals surface area contributed by atoms with Gasteiger partial charge in [-0.2, -0.15) is 4.98 Å². The van der Waals surface area contributed by atoms with Gasteiger partial charge in [0, 0.05) is 12.4 Å². The lowest BCUT2D eigenvalue weighted by atomic mass is 10.1. The molecular formula is C15H15N5O. The minimum atomic E-state index is 0.331. The summed E-state index contributed by atoms with van der Waals surface area (Å²) in [7, 11) is 0. The summed E-state index contributed by atoms with van der Waals surface area (Å²) in [5, 5.41) is 0. The van der Waals surface area contributed by atoms with Crippen LogP contribution in [0.3, 0.4) is 0 Å². The Balaban J connectivity index is 1.96. The molecule has 2 N–H and O–H groups in total. The Hall–Kier alpha value is -2.89. The number of aromatic nitrogens is 4. The molecule has 21 heavy (non-hydrogen) atoms. The first-order valence-electron chi connectivity index (χ1n) is 6.49. The molecule has 6 nitrogen and oxygen atoms in total. The highest BCUT2D eigenvalue weighted by molar-refractivity contribution is 5.60. The van der Waals surface area contributed by atoms with Crippen molar-refractivity contribution in [1.29, 1.82) is 0 Å². The Morgan fingerprint density at radius 3 is 2.71 bits per heavy atom. The number of anilines is 1. The van der Waals surface area contributed by atoms with Gasteiger partial charge in [0.25, 0.3) is 0 Å². The van der Waals surface area contributed by atoms with Gasteiger partial charge in [-0.1, -0.05) is 6.07 Å². The molecule has 0 aliphatic rings. The number of nitrogens with zero attached hydrogens (tertiary/aromatic N) is 4. The molecule has 0 bridgehead atoms. The number of imidazole rings is 1. The second-order valence-electron chi connectivity index (χ2n) is 4.73. The van der Waals surface area contributed by atoms with Crippen LogP contribution in [0.15, 0.2) is 43.2 Å². The van der Waals surface area contributed by atoms with Crippen LogP contribution < -0.4 is 10.5 Å². The average molecular weight is 281 g/mol. The van der Waals surface area contributed by atoms with Gasteiger partial charge >= 0.3 is 0 Å². The van der Waals surface area contributed by atoms with Crippen LogP contribution >= 0.6 is 0 Å². The quantitative estimate of drug-likeness (QED) is 0.798. The van der Waals surface area contributed by atoms with Gasteiger partial charge in [0.05, 0.1) is 0 Å². The van der Waals surface area contributed by atoms with Crippen LogP contribution in [0, 0.1) is 13.8 Å². The third kappa shape index (κ3) is 2.55. The maximum Gasteiger partial charge on any atom is 0.248 e. The van der Waals surface area contributed by atoms with Gasteiger partial charge in [0.2, 0.25) is 5.88 Å². The summed E-state index contributed by atoms with van der Waals surface area (Å²) in [6.45, 7) is 4.08. The van der Waals surface area contributed by atoms with Gasteiger partial charge in [0.15, 0.2) is 5.82 Å². The van der Waals surface area contributed by atoms with Crippen molar-refractivity contribution >= 4 is 5.69 Å². The van der Waals surface area contributed by atoms with Crippen LogP contribution in [-0.2, 0) is 0 Å². The molecule has 2 aromatic heterocycles. The molecule has 1 aromatic carbocycles. The summed E-state index contributed by atoms with van der Waals surface area (Å²) in [6.07, 6.45) is 6.46. The molecule has 0 radical (unpaired) electrons. The number of rotatable bonds is 3. The van der Waals surface area contributed by atoms with E-state index < -0.39 is 0 Å². The normalized spacial score (nSPS) is 10.6. The second-order valence-corrected chi connectivity index (χ2v) is 4.73. The molecule has 0 fully saturated rings. The fraction of sp³-hybridized carbons (Fsp3) is 0.133. The molecule has 0 amide bonds. The molecule has 0 unspecified atom stereocenters. The van der Waals surface area contributed by atoms with Crippen molar-refractivity contribution in [3.05, 3.63) is 54.4 Å². The predicted octanol–water partition coefficient (Wildman–Crippen LogP) is 2.65. The highest BCUT2D eigenvalue weighted by Crippen LogP contribution is 2.29. The fourth-order valence-electron chi connectivity index (χ4n) is 1.93. The van der Waals surface area contributed by atoms with E-state index in [1.807, 2.05) is 25.1 Å². The van der Waals surface area contributed by atoms with E-state index in [0.717, 1.165) is 5.56 Å². The first-order chi connectivity index (χ1) is 10.1. The second kappa shape index (κ2) is 5.24. The van der Waals surface area contributed by atoms with Crippen LogP contribution in [-0.4, -0.2) is 19.5 Å². The number of aryl methyl sites for hydroxylation is 2. The first kappa shape index (κ1) is 13.1. The van der Waals surface area contributed by atoms with E-state index in [2.05, 4.69) is 21.9 Å². The Morgan fingerprint density at radius 2 is 2.00 bits per heavy atom. The van der Waals surface area contributed by atoms with Gasteiger partial charge in [-0.25, -0.2) is 9.97 Å². The average Bonchev–Trinajstić information content (AvgIpc) is 2.99. The van der Waals surface area contributed by atoms with Crippen molar-refractivity contribution in [3.63, 3.8) is 0 Å². The summed E-state index contributed by atoms with van der Waals surface area (Å²) in [6, 6.07) is 5.84. The van der Waals surface area contributed by atoms with E-state index in [1.165, 1.54) is 11.9 Å². The van der Waals surface area contributed by atoms with Gasteiger partial charge in [-0.15, -0.1) is 0 Å². The van der Waals surface area contributed by atoms with Crippen molar-refractivity contribution in [2.75, 3.05) is 5.73 Å². The highest BCUT2D eigenvalue weighted by Gasteiger charge is 2.11. The van der Waals surface area contributed by atoms with Crippen LogP contribution in [0.5, 0.6) is 11.6 Å². The smallest absolute Gasteiger partial charge is 0.248 e. The molecule has 3 rings (SSSR count). The fourth-order valence-corrected chi connectivity index (χ4v) is 1.93. The zero-order valence-corrected chi connectivity index (χ0v) is 11.8. The number of hydrogen-bond acceptors (Lipinski definition) is 5. The van der Waals surface area contributed by atoms with E-state index in [1.54, 1.807) is 23.3 Å². The van der Waals surface area contributed by atoms with Crippen LogP contribution in [0.1, 0.15) is 11.1 Å². The lowest BCUT2D eigenvalue weighted by Crippen LogP contribution is -2.04. The molecule has 3 aromatic rings. The Morgan fingerprint density at radius 1 is 1.14 bits per heavy atom. The zero-order chi connectivity index (χ0) is 14.8. The molecule has 0 saturated carbocycles. The molecule has 6 heteroatoms. The summed E-state index contributed by atoms with van der Waals surface area (Å²) >= 11 is 0. The van der Waals surface area contributed by atoms with E-state index in [0.29, 0.717) is 23.1 Å². The van der Waals surface area contributed by atoms with Gasteiger partial charge < -0.3 is 10.5 Å². The van der Waals surface area contributed by atoms with Gasteiger partial charge in [-0.05, 0) is 37.1 Å². The molecule has 2 heterocycles.